The Morgan fingerprint density at radius 1 is 1.00 bits per heavy atom. The zero-order chi connectivity index (χ0) is 14.9. The molecule has 0 heterocycles. The van der Waals surface area contributed by atoms with Gasteiger partial charge in [-0.05, 0) is 38.1 Å². The van der Waals surface area contributed by atoms with Crippen LogP contribution in [0, 0.1) is 5.92 Å². The number of nitrogens with one attached hydrogen (secondary N) is 1. The molecular formula is C15H33NO2S. The van der Waals surface area contributed by atoms with Crippen molar-refractivity contribution in [2.24, 2.45) is 5.92 Å². The minimum Gasteiger partial charge on any atom is -0.313 e. The number of hydrogen-bond acceptors (Lipinski definition) is 3. The zero-order valence-electron chi connectivity index (χ0n) is 13.4. The first-order chi connectivity index (χ1) is 8.88. The van der Waals surface area contributed by atoms with Gasteiger partial charge in [-0.2, -0.15) is 0 Å². The number of rotatable bonds is 11. The van der Waals surface area contributed by atoms with E-state index in [1.165, 1.54) is 0 Å². The average molecular weight is 292 g/mol. The van der Waals surface area contributed by atoms with Crippen LogP contribution in [0.4, 0.5) is 0 Å². The second-order valence-corrected chi connectivity index (χ2v) is 8.18. The second-order valence-electron chi connectivity index (χ2n) is 5.85. The number of sulfone groups is 1. The highest BCUT2D eigenvalue weighted by Crippen LogP contribution is 2.18. The molecule has 1 N–H and O–H groups in total. The van der Waals surface area contributed by atoms with Gasteiger partial charge in [-0.1, -0.05) is 41.0 Å². The van der Waals surface area contributed by atoms with Crippen molar-refractivity contribution in [3.05, 3.63) is 0 Å². The molecule has 0 aromatic rings. The Labute approximate surface area is 120 Å². The summed E-state index contributed by atoms with van der Waals surface area (Å²) in [7, 11) is -2.98. The summed E-state index contributed by atoms with van der Waals surface area (Å²) in [5.41, 5.74) is 0. The molecule has 4 heteroatoms. The van der Waals surface area contributed by atoms with Gasteiger partial charge in [0.05, 0.1) is 11.0 Å². The molecule has 2 atom stereocenters. The van der Waals surface area contributed by atoms with Gasteiger partial charge < -0.3 is 5.32 Å². The third kappa shape index (κ3) is 7.31. The van der Waals surface area contributed by atoms with E-state index in [0.29, 0.717) is 18.1 Å². The molecule has 0 rings (SSSR count). The fraction of sp³-hybridized carbons (Fsp3) is 1.00. The predicted octanol–water partition coefficient (Wildman–Crippen LogP) is 3.39. The Hall–Kier alpha value is -0.0900. The molecule has 3 nitrogen and oxygen atoms in total. The SMILES string of the molecule is CCCNC(CCC)C(CC)S(=O)(=O)CCC(C)C. The highest BCUT2D eigenvalue weighted by atomic mass is 32.2. The fourth-order valence-electron chi connectivity index (χ4n) is 2.40. The van der Waals surface area contributed by atoms with Crippen molar-refractivity contribution >= 4 is 9.84 Å². The summed E-state index contributed by atoms with van der Waals surface area (Å²) >= 11 is 0. The smallest absolute Gasteiger partial charge is 0.154 e. The van der Waals surface area contributed by atoms with Crippen molar-refractivity contribution in [1.82, 2.24) is 5.32 Å². The van der Waals surface area contributed by atoms with Gasteiger partial charge in [0, 0.05) is 6.04 Å². The maximum atomic E-state index is 12.5. The molecular weight excluding hydrogens is 258 g/mol. The Balaban J connectivity index is 4.80. The zero-order valence-corrected chi connectivity index (χ0v) is 14.2. The summed E-state index contributed by atoms with van der Waals surface area (Å²) < 4.78 is 25.0. The first-order valence-corrected chi connectivity index (χ1v) is 9.55. The van der Waals surface area contributed by atoms with Crippen molar-refractivity contribution in [1.29, 1.82) is 0 Å². The van der Waals surface area contributed by atoms with E-state index in [-0.39, 0.29) is 11.3 Å². The highest BCUT2D eigenvalue weighted by molar-refractivity contribution is 7.92. The largest absolute Gasteiger partial charge is 0.313 e. The third-order valence-corrected chi connectivity index (χ3v) is 5.94. The van der Waals surface area contributed by atoms with E-state index in [4.69, 9.17) is 0 Å². The van der Waals surface area contributed by atoms with Crippen LogP contribution in [0.5, 0.6) is 0 Å². The summed E-state index contributed by atoms with van der Waals surface area (Å²) in [5.74, 6) is 0.775. The Bertz CT molecular complexity index is 312. The lowest BCUT2D eigenvalue weighted by Gasteiger charge is -2.27. The van der Waals surface area contributed by atoms with Crippen LogP contribution in [0.1, 0.15) is 66.7 Å². The van der Waals surface area contributed by atoms with Crippen molar-refractivity contribution in [2.75, 3.05) is 12.3 Å². The molecule has 116 valence electrons. The molecule has 0 saturated carbocycles. The Kier molecular flexibility index (Phi) is 9.71. The molecule has 0 radical (unpaired) electrons. The molecule has 2 unspecified atom stereocenters. The van der Waals surface area contributed by atoms with Crippen LogP contribution in [0.15, 0.2) is 0 Å². The van der Waals surface area contributed by atoms with E-state index in [0.717, 1.165) is 32.2 Å². The molecule has 0 spiro atoms. The quantitative estimate of drug-likeness (QED) is 0.634. The van der Waals surface area contributed by atoms with E-state index in [2.05, 4.69) is 33.0 Å². The summed E-state index contributed by atoms with van der Waals surface area (Å²) in [5, 5.41) is 3.21. The summed E-state index contributed by atoms with van der Waals surface area (Å²) in [6.07, 6.45) is 4.49. The number of hydrogen-bond donors (Lipinski definition) is 1. The Morgan fingerprint density at radius 3 is 2.05 bits per heavy atom. The van der Waals surface area contributed by atoms with Crippen LogP contribution < -0.4 is 5.32 Å². The lowest BCUT2D eigenvalue weighted by Crippen LogP contribution is -2.45. The van der Waals surface area contributed by atoms with Gasteiger partial charge in [0.2, 0.25) is 0 Å². The van der Waals surface area contributed by atoms with Gasteiger partial charge in [0.15, 0.2) is 9.84 Å². The van der Waals surface area contributed by atoms with Crippen LogP contribution in [0.2, 0.25) is 0 Å². The van der Waals surface area contributed by atoms with Crippen molar-refractivity contribution in [2.45, 2.75) is 78.0 Å². The first kappa shape index (κ1) is 18.9. The topological polar surface area (TPSA) is 46.2 Å². The monoisotopic (exact) mass is 291 g/mol. The molecule has 0 aliphatic carbocycles. The summed E-state index contributed by atoms with van der Waals surface area (Å²) in [4.78, 5) is 0. The van der Waals surface area contributed by atoms with E-state index < -0.39 is 9.84 Å². The van der Waals surface area contributed by atoms with Crippen LogP contribution in [0.25, 0.3) is 0 Å². The maximum absolute atomic E-state index is 12.5. The molecule has 0 aliphatic rings. The predicted molar refractivity (Wildman–Crippen MR) is 84.3 cm³/mol. The second kappa shape index (κ2) is 9.76. The fourth-order valence-corrected chi connectivity index (χ4v) is 4.74. The molecule has 0 aromatic carbocycles. The average Bonchev–Trinajstić information content (AvgIpc) is 2.34. The van der Waals surface area contributed by atoms with Crippen LogP contribution >= 0.6 is 0 Å². The minimum absolute atomic E-state index is 0.118. The van der Waals surface area contributed by atoms with Gasteiger partial charge in [-0.3, -0.25) is 0 Å². The van der Waals surface area contributed by atoms with Gasteiger partial charge in [0.1, 0.15) is 0 Å². The Morgan fingerprint density at radius 2 is 1.63 bits per heavy atom. The van der Waals surface area contributed by atoms with Gasteiger partial charge >= 0.3 is 0 Å². The minimum atomic E-state index is -2.98. The van der Waals surface area contributed by atoms with Crippen LogP contribution in [0.3, 0.4) is 0 Å². The lowest BCUT2D eigenvalue weighted by atomic mass is 10.1. The highest BCUT2D eigenvalue weighted by Gasteiger charge is 2.30. The van der Waals surface area contributed by atoms with E-state index >= 15 is 0 Å². The van der Waals surface area contributed by atoms with Gasteiger partial charge in [0.25, 0.3) is 0 Å². The van der Waals surface area contributed by atoms with E-state index in [9.17, 15) is 8.42 Å². The molecule has 0 aromatic heterocycles. The molecule has 0 aliphatic heterocycles. The molecule has 0 saturated heterocycles. The summed E-state index contributed by atoms with van der Waals surface area (Å²) in [6, 6.07) is 0.118. The van der Waals surface area contributed by atoms with E-state index in [1.807, 2.05) is 6.92 Å². The first-order valence-electron chi connectivity index (χ1n) is 7.83. The lowest BCUT2D eigenvalue weighted by molar-refractivity contribution is 0.435. The maximum Gasteiger partial charge on any atom is 0.154 e. The summed E-state index contributed by atoms with van der Waals surface area (Å²) in [6.45, 7) is 11.3. The molecule has 0 bridgehead atoms. The molecule has 19 heavy (non-hydrogen) atoms. The van der Waals surface area contributed by atoms with E-state index in [1.54, 1.807) is 0 Å². The van der Waals surface area contributed by atoms with Crippen molar-refractivity contribution in [3.63, 3.8) is 0 Å². The molecule has 0 amide bonds. The third-order valence-electron chi connectivity index (χ3n) is 3.55. The van der Waals surface area contributed by atoms with Crippen LogP contribution in [-0.2, 0) is 9.84 Å². The standard InChI is InChI=1S/C15H33NO2S/c1-6-9-14(16-11-7-2)15(8-3)19(17,18)12-10-13(4)5/h13-16H,6-12H2,1-5H3. The van der Waals surface area contributed by atoms with Crippen molar-refractivity contribution < 1.29 is 8.42 Å². The van der Waals surface area contributed by atoms with Crippen LogP contribution in [-0.4, -0.2) is 32.0 Å². The normalized spacial score (nSPS) is 15.7. The molecule has 0 fully saturated rings. The van der Waals surface area contributed by atoms with Gasteiger partial charge in [-0.25, -0.2) is 8.42 Å². The van der Waals surface area contributed by atoms with Gasteiger partial charge in [-0.15, -0.1) is 0 Å². The van der Waals surface area contributed by atoms with Crippen molar-refractivity contribution in [3.8, 4) is 0 Å².